The van der Waals surface area contributed by atoms with Gasteiger partial charge in [-0.2, -0.15) is 39.5 Å². The fourth-order valence-corrected chi connectivity index (χ4v) is 9.69. The highest BCUT2D eigenvalue weighted by Crippen LogP contribution is 2.40. The van der Waals surface area contributed by atoms with Crippen LogP contribution in [0.1, 0.15) is 154 Å². The zero-order valence-electron chi connectivity index (χ0n) is 34.1. The van der Waals surface area contributed by atoms with Crippen molar-refractivity contribution in [2.45, 2.75) is 192 Å². The zero-order chi connectivity index (χ0) is 46.5. The Bertz CT molecular complexity index is 749. The topological polar surface area (TPSA) is 27.7 Å². The quantitative estimate of drug-likeness (QED) is 0.0369. The highest BCUT2D eigenvalue weighted by atomic mass is 32.7. The third kappa shape index (κ3) is 86.5. The van der Waals surface area contributed by atoms with Gasteiger partial charge >= 0.3 is 37.6 Å². The molecule has 0 N–H and O–H groups in total. The van der Waals surface area contributed by atoms with Crippen molar-refractivity contribution in [3.05, 3.63) is 0 Å². The zero-order valence-corrected chi connectivity index (χ0v) is 39.5. The van der Waals surface area contributed by atoms with Crippen LogP contribution >= 0.6 is 58.2 Å². The summed E-state index contributed by atoms with van der Waals surface area (Å²) in [7, 11) is -1.87. The van der Waals surface area contributed by atoms with E-state index in [9.17, 15) is 79.0 Å². The first-order valence-corrected chi connectivity index (χ1v) is 27.0. The first-order chi connectivity index (χ1) is 27.6. The third-order valence-corrected chi connectivity index (χ3v) is 13.7. The monoisotopic (exact) mass is 1090 g/mol. The summed E-state index contributed by atoms with van der Waals surface area (Å²) < 4.78 is 222. The Labute approximate surface area is 373 Å². The van der Waals surface area contributed by atoms with Gasteiger partial charge < -0.3 is 0 Å². The van der Waals surface area contributed by atoms with E-state index in [4.69, 9.17) is 0 Å². The maximum Gasteiger partial charge on any atom is 0.526 e. The van der Waals surface area contributed by atoms with Crippen molar-refractivity contribution in [1.82, 2.24) is 0 Å². The molecule has 63 heavy (non-hydrogen) atoms. The molecular weight excluding hydrogens is 1030 g/mol. The van der Waals surface area contributed by atoms with E-state index in [0.29, 0.717) is 36.5 Å². The molecule has 3 unspecified atom stereocenters. The van der Waals surface area contributed by atoms with Gasteiger partial charge in [-0.1, -0.05) is 96.3 Å². The number of hydrogen-bond acceptors (Lipinski definition) is 6. The predicted octanol–water partition coefficient (Wildman–Crippen LogP) is 19.8. The van der Waals surface area contributed by atoms with E-state index >= 15 is 0 Å². The molecular formula is C33H60F21O3P3S3. The van der Waals surface area contributed by atoms with E-state index in [1.165, 1.54) is 0 Å². The molecule has 0 amide bonds. The fourth-order valence-electron chi connectivity index (χ4n) is 4.51. The molecule has 0 aromatic carbocycles. The number of halogens is 21. The number of rotatable bonds is 33. The minimum Gasteiger partial charge on any atom is -0.269 e. The van der Waals surface area contributed by atoms with Crippen LogP contribution in [0.2, 0.25) is 0 Å². The van der Waals surface area contributed by atoms with Gasteiger partial charge in [-0.05, 0) is 55.8 Å². The first kappa shape index (κ1) is 75.3. The lowest BCUT2D eigenvalue weighted by Gasteiger charge is -2.06. The molecule has 0 bridgehead atoms. The molecule has 0 saturated heterocycles. The van der Waals surface area contributed by atoms with Crippen LogP contribution in [0.3, 0.4) is 0 Å². The summed E-state index contributed by atoms with van der Waals surface area (Å²) in [5.74, 6) is 1.84. The van der Waals surface area contributed by atoms with Crippen LogP contribution in [0.25, 0.3) is 0 Å². The Morgan fingerprint density at radius 3 is 0.571 bits per heavy atom. The van der Waals surface area contributed by atoms with Crippen molar-refractivity contribution >= 4 is 58.2 Å². The van der Waals surface area contributed by atoms with E-state index < -0.39 is 80.9 Å². The van der Waals surface area contributed by atoms with Gasteiger partial charge in [0.2, 0.25) is 0 Å². The van der Waals surface area contributed by atoms with Gasteiger partial charge in [-0.25, -0.2) is 0 Å². The Morgan fingerprint density at radius 2 is 0.413 bits per heavy atom. The second-order valence-electron chi connectivity index (χ2n) is 13.0. The highest BCUT2D eigenvalue weighted by molar-refractivity contribution is 8.48. The molecule has 0 aliphatic heterocycles. The van der Waals surface area contributed by atoms with E-state index in [1.54, 1.807) is 0 Å². The largest absolute Gasteiger partial charge is 0.526 e. The Morgan fingerprint density at radius 1 is 0.254 bits per heavy atom. The van der Waals surface area contributed by atoms with Crippen molar-refractivity contribution in [1.29, 1.82) is 0 Å². The van der Waals surface area contributed by atoms with Crippen LogP contribution in [-0.4, -0.2) is 54.9 Å². The van der Waals surface area contributed by atoms with Crippen molar-refractivity contribution in [3.8, 4) is 0 Å². The summed E-state index contributed by atoms with van der Waals surface area (Å²) in [6, 6.07) is 0. The molecule has 0 aliphatic rings. The molecule has 0 radical (unpaired) electrons. The van der Waals surface area contributed by atoms with Crippen molar-refractivity contribution in [2.24, 2.45) is 0 Å². The summed E-state index contributed by atoms with van der Waals surface area (Å²) in [6.07, 6.45) is -12.9. The molecule has 3 nitrogen and oxygen atoms in total. The van der Waals surface area contributed by atoms with Gasteiger partial charge in [0.15, 0.2) is 0 Å². The average Bonchev–Trinajstić information content (AvgIpc) is 3.07. The van der Waals surface area contributed by atoms with Crippen LogP contribution in [0.5, 0.6) is 0 Å². The minimum atomic E-state index is -4.55. The smallest absolute Gasteiger partial charge is 0.269 e. The van der Waals surface area contributed by atoms with Crippen molar-refractivity contribution in [2.75, 3.05) is 17.3 Å². The third-order valence-electron chi connectivity index (χ3n) is 7.27. The highest BCUT2D eigenvalue weighted by Gasteiger charge is 2.31. The summed E-state index contributed by atoms with van der Waals surface area (Å²) >= 11 is 3.35. The molecule has 0 fully saturated rings. The maximum absolute atomic E-state index is 11.8. The average molecular weight is 1090 g/mol. The van der Waals surface area contributed by atoms with Crippen LogP contribution in [0.15, 0.2) is 0 Å². The Balaban J connectivity index is -0.000000189. The van der Waals surface area contributed by atoms with E-state index in [-0.39, 0.29) is 33.4 Å². The molecule has 0 saturated carbocycles. The molecule has 390 valence electrons. The molecule has 0 heterocycles. The molecule has 0 aromatic heterocycles. The maximum atomic E-state index is 11.8. The summed E-state index contributed by atoms with van der Waals surface area (Å²) in [4.78, 5) is 0. The van der Waals surface area contributed by atoms with Gasteiger partial charge in [-0.3, -0.25) is 27.7 Å². The predicted molar refractivity (Wildman–Crippen MR) is 220 cm³/mol. The van der Waals surface area contributed by atoms with Crippen LogP contribution in [0.4, 0.5) is 93.1 Å². The molecule has 0 spiro atoms. The second kappa shape index (κ2) is 45.2. The number of alkyl halides is 18. The molecule has 0 aromatic rings. The van der Waals surface area contributed by atoms with Gasteiger partial charge in [0.25, 0.3) is 0 Å². The van der Waals surface area contributed by atoms with Gasteiger partial charge in [0.1, 0.15) is 0 Å². The lowest BCUT2D eigenvalue weighted by Crippen LogP contribution is -2.06. The molecule has 0 rings (SSSR count). The standard InChI is InChI=1S/3C11H19F6OPS.3FH/c3*12-10(13,14)8-6-4-2-1-3-5-7-9-20-19-18-11(15,16)17;;;/h3*19H,1-9H2;3*1H. The van der Waals surface area contributed by atoms with Gasteiger partial charge in [0, 0.05) is 19.3 Å². The SMILES string of the molecule is F.F.F.FC(F)(F)CCCCCCCCCSPOC(F)(F)F.FC(F)(F)CCCCCCCCCSPOC(F)(F)F.FC(F)(F)CCCCCCCCCSPOC(F)(F)F. The van der Waals surface area contributed by atoms with Crippen LogP contribution in [-0.2, 0) is 13.6 Å². The minimum absolute atomic E-state index is 0. The molecule has 0 aliphatic carbocycles. The normalized spacial score (nSPS) is 12.9. The number of unbranched alkanes of at least 4 members (excludes halogenated alkanes) is 18. The first-order valence-electron chi connectivity index (χ1n) is 19.2. The van der Waals surface area contributed by atoms with Crippen LogP contribution in [0, 0.1) is 0 Å². The molecule has 30 heteroatoms. The van der Waals surface area contributed by atoms with E-state index in [0.717, 1.165) is 130 Å². The van der Waals surface area contributed by atoms with E-state index in [2.05, 4.69) is 13.6 Å². The van der Waals surface area contributed by atoms with E-state index in [1.807, 2.05) is 0 Å². The lowest BCUT2D eigenvalue weighted by molar-refractivity contribution is -0.269. The fraction of sp³-hybridized carbons (Fsp3) is 1.00. The van der Waals surface area contributed by atoms with Gasteiger partial charge in [0.05, 0.1) is 24.0 Å². The molecule has 3 atom stereocenters. The van der Waals surface area contributed by atoms with Crippen molar-refractivity contribution < 1.29 is 107 Å². The summed E-state index contributed by atoms with van der Waals surface area (Å²) in [5.41, 5.74) is 0. The summed E-state index contributed by atoms with van der Waals surface area (Å²) in [6.45, 7) is 0. The lowest BCUT2D eigenvalue weighted by atomic mass is 10.1. The second-order valence-corrected chi connectivity index (χ2v) is 20.3. The van der Waals surface area contributed by atoms with Crippen molar-refractivity contribution in [3.63, 3.8) is 0 Å². The Kier molecular flexibility index (Phi) is 54.0. The summed E-state index contributed by atoms with van der Waals surface area (Å²) in [5, 5.41) is 0. The Hall–Kier alpha value is 0.750. The number of hydrogen-bond donors (Lipinski definition) is 0. The van der Waals surface area contributed by atoms with Crippen LogP contribution < -0.4 is 0 Å². The van der Waals surface area contributed by atoms with Gasteiger partial charge in [-0.15, -0.1) is 73.7 Å².